The number of carbonyl (C=O) groups excluding carboxylic acids is 1. The van der Waals surface area contributed by atoms with Crippen LogP contribution in [-0.2, 0) is 13.1 Å². The van der Waals surface area contributed by atoms with Crippen molar-refractivity contribution in [3.63, 3.8) is 0 Å². The number of aliphatic hydroxyl groups excluding tert-OH is 1. The number of oxazole rings is 1. The van der Waals surface area contributed by atoms with Gasteiger partial charge in [0, 0.05) is 45.8 Å². The number of piperazine rings is 1. The number of nitrogens with zero attached hydrogens (tertiary/aromatic N) is 4. The van der Waals surface area contributed by atoms with Gasteiger partial charge in [-0.3, -0.25) is 14.6 Å². The lowest BCUT2D eigenvalue weighted by molar-refractivity contribution is 0.0434. The fraction of sp³-hybridized carbons (Fsp3) is 0.583. The summed E-state index contributed by atoms with van der Waals surface area (Å²) >= 11 is 0. The highest BCUT2D eigenvalue weighted by atomic mass is 16.3. The number of piperidine rings is 1. The maximum absolute atomic E-state index is 12.3. The van der Waals surface area contributed by atoms with Crippen LogP contribution in [0.2, 0.25) is 0 Å². The summed E-state index contributed by atoms with van der Waals surface area (Å²) in [6.45, 7) is 8.44. The zero-order valence-electron chi connectivity index (χ0n) is 18.8. The first-order valence-electron chi connectivity index (χ1n) is 11.8. The second-order valence-electron chi connectivity index (χ2n) is 8.89. The Morgan fingerprint density at radius 2 is 1.62 bits per heavy atom. The number of aromatic nitrogens is 1. The van der Waals surface area contributed by atoms with Crippen molar-refractivity contribution in [2.45, 2.75) is 38.5 Å². The molecule has 2 aromatic rings. The molecule has 0 unspecified atom stereocenters. The van der Waals surface area contributed by atoms with Gasteiger partial charge < -0.3 is 19.7 Å². The van der Waals surface area contributed by atoms with Gasteiger partial charge in [0.1, 0.15) is 6.26 Å². The van der Waals surface area contributed by atoms with E-state index < -0.39 is 0 Å². The van der Waals surface area contributed by atoms with Gasteiger partial charge in [-0.25, -0.2) is 4.98 Å². The molecule has 2 aliphatic heterocycles. The zero-order valence-corrected chi connectivity index (χ0v) is 18.8. The van der Waals surface area contributed by atoms with E-state index >= 15 is 0 Å². The third kappa shape index (κ3) is 6.87. The molecule has 1 aromatic carbocycles. The van der Waals surface area contributed by atoms with Crippen LogP contribution in [0.4, 0.5) is 0 Å². The zero-order chi connectivity index (χ0) is 22.2. The SMILES string of the molecule is O=C(NCc1ccccc1)c1coc(CN2CCN(C[C@H](O)CN3CCCCC3)CC2)n1. The summed E-state index contributed by atoms with van der Waals surface area (Å²) in [5.41, 5.74) is 1.36. The van der Waals surface area contributed by atoms with Crippen molar-refractivity contribution >= 4 is 5.91 Å². The number of rotatable bonds is 9. The minimum absolute atomic E-state index is 0.226. The van der Waals surface area contributed by atoms with Crippen molar-refractivity contribution < 1.29 is 14.3 Å². The molecule has 0 aliphatic carbocycles. The van der Waals surface area contributed by atoms with Gasteiger partial charge in [-0.2, -0.15) is 0 Å². The Bertz CT molecular complexity index is 829. The third-order valence-electron chi connectivity index (χ3n) is 6.29. The molecule has 2 aliphatic rings. The number of hydrogen-bond donors (Lipinski definition) is 2. The van der Waals surface area contributed by atoms with E-state index in [4.69, 9.17) is 4.42 Å². The second-order valence-corrected chi connectivity index (χ2v) is 8.89. The summed E-state index contributed by atoms with van der Waals surface area (Å²) in [6, 6.07) is 9.80. The number of amides is 1. The van der Waals surface area contributed by atoms with Gasteiger partial charge in [0.2, 0.25) is 5.89 Å². The molecular weight excluding hydrogens is 406 g/mol. The van der Waals surface area contributed by atoms with Crippen LogP contribution in [0.3, 0.4) is 0 Å². The molecule has 174 valence electrons. The van der Waals surface area contributed by atoms with Crippen LogP contribution in [0.5, 0.6) is 0 Å². The number of β-amino-alcohol motifs (C(OH)–C–C–N with tert-alkyl or cyclic N) is 1. The lowest BCUT2D eigenvalue weighted by Crippen LogP contribution is -2.50. The molecule has 2 fully saturated rings. The normalized spacial score (nSPS) is 19.7. The largest absolute Gasteiger partial charge is 0.447 e. The molecular formula is C24H35N5O3. The van der Waals surface area contributed by atoms with Gasteiger partial charge in [0.05, 0.1) is 12.6 Å². The molecule has 32 heavy (non-hydrogen) atoms. The maximum atomic E-state index is 12.3. The van der Waals surface area contributed by atoms with E-state index in [9.17, 15) is 9.90 Å². The summed E-state index contributed by atoms with van der Waals surface area (Å²) < 4.78 is 5.54. The number of likely N-dealkylation sites (tertiary alicyclic amines) is 1. The van der Waals surface area contributed by atoms with E-state index in [1.807, 2.05) is 30.3 Å². The molecule has 8 heteroatoms. The smallest absolute Gasteiger partial charge is 0.273 e. The van der Waals surface area contributed by atoms with Crippen LogP contribution >= 0.6 is 0 Å². The van der Waals surface area contributed by atoms with E-state index in [-0.39, 0.29) is 12.0 Å². The Labute approximate surface area is 190 Å². The van der Waals surface area contributed by atoms with E-state index in [0.29, 0.717) is 24.7 Å². The van der Waals surface area contributed by atoms with Gasteiger partial charge in [-0.15, -0.1) is 0 Å². The molecule has 0 saturated carbocycles. The van der Waals surface area contributed by atoms with Crippen molar-refractivity contribution in [3.05, 3.63) is 53.7 Å². The maximum Gasteiger partial charge on any atom is 0.273 e. The molecule has 0 bridgehead atoms. The standard InChI is InChI=1S/C24H35N5O3/c30-21(16-27-9-5-2-6-10-27)17-28-11-13-29(14-12-28)18-23-26-22(19-32-23)24(31)25-15-20-7-3-1-4-8-20/h1,3-4,7-8,19,21,30H,2,5-6,9-18H2,(H,25,31)/t21-/m1/s1. The van der Waals surface area contributed by atoms with Crippen molar-refractivity contribution in [3.8, 4) is 0 Å². The van der Waals surface area contributed by atoms with Crippen LogP contribution in [0.15, 0.2) is 41.0 Å². The highest BCUT2D eigenvalue weighted by molar-refractivity contribution is 5.91. The summed E-state index contributed by atoms with van der Waals surface area (Å²) in [5, 5.41) is 13.3. The fourth-order valence-electron chi connectivity index (χ4n) is 4.47. The minimum Gasteiger partial charge on any atom is -0.447 e. The van der Waals surface area contributed by atoms with Gasteiger partial charge in [-0.1, -0.05) is 36.8 Å². The molecule has 1 amide bonds. The second kappa shape index (κ2) is 11.6. The average molecular weight is 442 g/mol. The first kappa shape index (κ1) is 22.9. The van der Waals surface area contributed by atoms with E-state index in [0.717, 1.165) is 57.9 Å². The number of carbonyl (C=O) groups is 1. The summed E-state index contributed by atoms with van der Waals surface area (Å²) in [7, 11) is 0. The minimum atomic E-state index is -0.289. The Morgan fingerprint density at radius 1 is 0.969 bits per heavy atom. The molecule has 3 heterocycles. The molecule has 0 radical (unpaired) electrons. The first-order chi connectivity index (χ1) is 15.7. The lowest BCUT2D eigenvalue weighted by atomic mass is 10.1. The molecule has 2 saturated heterocycles. The Balaban J connectivity index is 1.16. The number of hydrogen-bond acceptors (Lipinski definition) is 7. The molecule has 2 N–H and O–H groups in total. The van der Waals surface area contributed by atoms with Gasteiger partial charge in [0.25, 0.3) is 5.91 Å². The third-order valence-corrected chi connectivity index (χ3v) is 6.29. The van der Waals surface area contributed by atoms with E-state index in [2.05, 4.69) is 25.0 Å². The molecule has 1 aromatic heterocycles. The highest BCUT2D eigenvalue weighted by Crippen LogP contribution is 2.12. The molecule has 8 nitrogen and oxygen atoms in total. The van der Waals surface area contributed by atoms with Crippen LogP contribution < -0.4 is 5.32 Å². The molecule has 0 spiro atoms. The number of nitrogens with one attached hydrogen (secondary N) is 1. The lowest BCUT2D eigenvalue weighted by Gasteiger charge is -2.36. The average Bonchev–Trinajstić information content (AvgIpc) is 3.29. The Hall–Kier alpha value is -2.26. The summed E-state index contributed by atoms with van der Waals surface area (Å²) in [4.78, 5) is 23.7. The topological polar surface area (TPSA) is 85.1 Å². The predicted octanol–water partition coefficient (Wildman–Crippen LogP) is 1.57. The van der Waals surface area contributed by atoms with Crippen molar-refractivity contribution in [1.82, 2.24) is 25.0 Å². The molecule has 1 atom stereocenters. The van der Waals surface area contributed by atoms with Crippen LogP contribution in [0, 0.1) is 0 Å². The van der Waals surface area contributed by atoms with Crippen LogP contribution in [0.1, 0.15) is 41.2 Å². The first-order valence-corrected chi connectivity index (χ1v) is 11.8. The van der Waals surface area contributed by atoms with Crippen LogP contribution in [-0.4, -0.2) is 89.2 Å². The monoisotopic (exact) mass is 441 g/mol. The van der Waals surface area contributed by atoms with E-state index in [1.165, 1.54) is 25.5 Å². The van der Waals surface area contributed by atoms with Crippen LogP contribution in [0.25, 0.3) is 0 Å². The van der Waals surface area contributed by atoms with Crippen molar-refractivity contribution in [2.24, 2.45) is 0 Å². The quantitative estimate of drug-likeness (QED) is 0.611. The van der Waals surface area contributed by atoms with Gasteiger partial charge in [0.15, 0.2) is 5.69 Å². The van der Waals surface area contributed by atoms with Gasteiger partial charge in [-0.05, 0) is 31.5 Å². The number of aliphatic hydroxyl groups is 1. The van der Waals surface area contributed by atoms with Gasteiger partial charge >= 0.3 is 0 Å². The summed E-state index contributed by atoms with van der Waals surface area (Å²) in [6.07, 6.45) is 4.97. The summed E-state index contributed by atoms with van der Waals surface area (Å²) in [5.74, 6) is 0.338. The molecule has 4 rings (SSSR count). The highest BCUT2D eigenvalue weighted by Gasteiger charge is 2.22. The van der Waals surface area contributed by atoms with Crippen molar-refractivity contribution in [1.29, 1.82) is 0 Å². The Kier molecular flexibility index (Phi) is 8.28. The number of benzene rings is 1. The fourth-order valence-corrected chi connectivity index (χ4v) is 4.47. The van der Waals surface area contributed by atoms with E-state index in [1.54, 1.807) is 0 Å². The Morgan fingerprint density at radius 3 is 2.34 bits per heavy atom. The predicted molar refractivity (Wildman–Crippen MR) is 122 cm³/mol. The van der Waals surface area contributed by atoms with Crippen molar-refractivity contribution in [2.75, 3.05) is 52.4 Å².